The highest BCUT2D eigenvalue weighted by atomic mass is 127. The highest BCUT2D eigenvalue weighted by molar-refractivity contribution is 14.0. The van der Waals surface area contributed by atoms with E-state index in [1.807, 2.05) is 49.0 Å². The molecule has 0 unspecified atom stereocenters. The summed E-state index contributed by atoms with van der Waals surface area (Å²) in [4.78, 5) is 4.47. The molecule has 0 saturated carbocycles. The summed E-state index contributed by atoms with van der Waals surface area (Å²) in [6.45, 7) is 4.21. The van der Waals surface area contributed by atoms with Crippen LogP contribution in [0.1, 0.15) is 31.7 Å². The zero-order chi connectivity index (χ0) is 18.4. The number of aliphatic imine (C=N–C) groups is 1. The third-order valence-corrected chi connectivity index (χ3v) is 5.91. The predicted molar refractivity (Wildman–Crippen MR) is 126 cm³/mol. The van der Waals surface area contributed by atoms with Gasteiger partial charge in [0.05, 0.1) is 11.5 Å². The molecule has 0 saturated heterocycles. The number of rotatable bonds is 12. The van der Waals surface area contributed by atoms with Crippen molar-refractivity contribution in [2.75, 3.05) is 37.4 Å². The molecular formula is C18H32IN3O2S2. The molecule has 1 aromatic carbocycles. The third-order valence-electron chi connectivity index (χ3n) is 3.52. The lowest BCUT2D eigenvalue weighted by atomic mass is 10.2. The Kier molecular flexibility index (Phi) is 15.3. The van der Waals surface area contributed by atoms with Gasteiger partial charge in [0, 0.05) is 19.6 Å². The molecule has 1 aromatic rings. The van der Waals surface area contributed by atoms with Crippen LogP contribution in [-0.4, -0.2) is 51.8 Å². The van der Waals surface area contributed by atoms with Gasteiger partial charge >= 0.3 is 0 Å². The van der Waals surface area contributed by atoms with Crippen LogP contribution in [0.3, 0.4) is 0 Å². The largest absolute Gasteiger partial charge is 0.357 e. The SMILES string of the molecule is CCNC(=NCCCS(=O)(=O)Cc1ccccc1)NCCCCSC.I. The Morgan fingerprint density at radius 3 is 2.50 bits per heavy atom. The zero-order valence-electron chi connectivity index (χ0n) is 15.7. The van der Waals surface area contributed by atoms with Crippen molar-refractivity contribution >= 4 is 51.5 Å². The van der Waals surface area contributed by atoms with Gasteiger partial charge in [0.25, 0.3) is 0 Å². The first-order valence-electron chi connectivity index (χ1n) is 8.83. The Bertz CT molecular complexity index is 596. The van der Waals surface area contributed by atoms with Gasteiger partial charge in [-0.25, -0.2) is 8.42 Å². The van der Waals surface area contributed by atoms with Gasteiger partial charge in [0.2, 0.25) is 0 Å². The minimum absolute atomic E-state index is 0. The Labute approximate surface area is 180 Å². The van der Waals surface area contributed by atoms with Crippen molar-refractivity contribution < 1.29 is 8.42 Å². The summed E-state index contributed by atoms with van der Waals surface area (Å²) in [5.74, 6) is 2.21. The lowest BCUT2D eigenvalue weighted by Gasteiger charge is -2.11. The highest BCUT2D eigenvalue weighted by Gasteiger charge is 2.11. The topological polar surface area (TPSA) is 70.6 Å². The number of hydrogen-bond acceptors (Lipinski definition) is 4. The van der Waals surface area contributed by atoms with Gasteiger partial charge in [0.15, 0.2) is 15.8 Å². The second-order valence-electron chi connectivity index (χ2n) is 5.82. The van der Waals surface area contributed by atoms with Gasteiger partial charge in [-0.05, 0) is 43.8 Å². The van der Waals surface area contributed by atoms with Crippen LogP contribution in [0.5, 0.6) is 0 Å². The van der Waals surface area contributed by atoms with E-state index < -0.39 is 9.84 Å². The molecule has 2 N–H and O–H groups in total. The van der Waals surface area contributed by atoms with Crippen LogP contribution in [0.15, 0.2) is 35.3 Å². The molecule has 26 heavy (non-hydrogen) atoms. The van der Waals surface area contributed by atoms with Gasteiger partial charge < -0.3 is 10.6 Å². The van der Waals surface area contributed by atoms with Gasteiger partial charge in [-0.3, -0.25) is 4.99 Å². The number of guanidine groups is 1. The van der Waals surface area contributed by atoms with Gasteiger partial charge in [-0.2, -0.15) is 11.8 Å². The average Bonchev–Trinajstić information content (AvgIpc) is 2.59. The van der Waals surface area contributed by atoms with E-state index in [1.54, 1.807) is 0 Å². The van der Waals surface area contributed by atoms with Crippen molar-refractivity contribution in [1.82, 2.24) is 10.6 Å². The summed E-state index contributed by atoms with van der Waals surface area (Å²) >= 11 is 1.86. The lowest BCUT2D eigenvalue weighted by Crippen LogP contribution is -2.38. The first-order chi connectivity index (χ1) is 12.1. The molecule has 8 heteroatoms. The van der Waals surface area contributed by atoms with E-state index in [9.17, 15) is 8.42 Å². The molecule has 0 amide bonds. The molecule has 0 radical (unpaired) electrons. The fraction of sp³-hybridized carbons (Fsp3) is 0.611. The smallest absolute Gasteiger partial charge is 0.191 e. The van der Waals surface area contributed by atoms with E-state index in [0.29, 0.717) is 13.0 Å². The predicted octanol–water partition coefficient (Wildman–Crippen LogP) is 3.31. The fourth-order valence-corrected chi connectivity index (χ4v) is 4.20. The van der Waals surface area contributed by atoms with E-state index in [2.05, 4.69) is 21.9 Å². The van der Waals surface area contributed by atoms with Gasteiger partial charge in [0.1, 0.15) is 0 Å². The molecule has 0 aliphatic heterocycles. The summed E-state index contributed by atoms with van der Waals surface area (Å²) in [6, 6.07) is 9.31. The van der Waals surface area contributed by atoms with Crippen molar-refractivity contribution in [2.45, 2.75) is 31.9 Å². The molecule has 0 aliphatic rings. The fourth-order valence-electron chi connectivity index (χ4n) is 2.30. The molecule has 1 rings (SSSR count). The Morgan fingerprint density at radius 2 is 1.85 bits per heavy atom. The molecule has 5 nitrogen and oxygen atoms in total. The molecular weight excluding hydrogens is 481 g/mol. The number of halogens is 1. The second-order valence-corrected chi connectivity index (χ2v) is 8.99. The van der Waals surface area contributed by atoms with Crippen LogP contribution < -0.4 is 10.6 Å². The summed E-state index contributed by atoms with van der Waals surface area (Å²) in [7, 11) is -3.08. The number of benzene rings is 1. The van der Waals surface area contributed by atoms with Crippen molar-refractivity contribution in [3.63, 3.8) is 0 Å². The minimum Gasteiger partial charge on any atom is -0.357 e. The molecule has 150 valence electrons. The molecule has 0 aromatic heterocycles. The number of hydrogen-bond donors (Lipinski definition) is 2. The zero-order valence-corrected chi connectivity index (χ0v) is 19.7. The Hall–Kier alpha value is -0.480. The second kappa shape index (κ2) is 15.6. The maximum Gasteiger partial charge on any atom is 0.191 e. The molecule has 0 atom stereocenters. The van der Waals surface area contributed by atoms with E-state index in [0.717, 1.165) is 31.0 Å². The molecule has 0 fully saturated rings. The van der Waals surface area contributed by atoms with Crippen LogP contribution in [0.2, 0.25) is 0 Å². The monoisotopic (exact) mass is 513 g/mol. The number of unbranched alkanes of at least 4 members (excludes halogenated alkanes) is 1. The standard InChI is InChI=1S/C18H31N3O2S2.HI/c1-3-19-18(20-12-7-8-14-24-2)21-13-9-15-25(22,23)16-17-10-5-4-6-11-17;/h4-6,10-11H,3,7-9,12-16H2,1-2H3,(H2,19,20,21);1H. The number of nitrogens with zero attached hydrogens (tertiary/aromatic N) is 1. The van der Waals surface area contributed by atoms with Crippen LogP contribution in [0.25, 0.3) is 0 Å². The molecule has 0 bridgehead atoms. The highest BCUT2D eigenvalue weighted by Crippen LogP contribution is 2.07. The average molecular weight is 514 g/mol. The van der Waals surface area contributed by atoms with Crippen LogP contribution in [0.4, 0.5) is 0 Å². The van der Waals surface area contributed by atoms with Gasteiger partial charge in [-0.15, -0.1) is 24.0 Å². The summed E-state index contributed by atoms with van der Waals surface area (Å²) < 4.78 is 24.3. The lowest BCUT2D eigenvalue weighted by molar-refractivity contribution is 0.592. The van der Waals surface area contributed by atoms with Crippen molar-refractivity contribution in [3.05, 3.63) is 35.9 Å². The number of nitrogens with one attached hydrogen (secondary N) is 2. The van der Waals surface area contributed by atoms with E-state index in [1.165, 1.54) is 12.2 Å². The maximum absolute atomic E-state index is 12.2. The summed E-state index contributed by atoms with van der Waals surface area (Å²) in [5.41, 5.74) is 0.839. The van der Waals surface area contributed by atoms with Crippen LogP contribution in [0, 0.1) is 0 Å². The van der Waals surface area contributed by atoms with Crippen molar-refractivity contribution in [1.29, 1.82) is 0 Å². The third kappa shape index (κ3) is 12.8. The van der Waals surface area contributed by atoms with E-state index in [4.69, 9.17) is 0 Å². The van der Waals surface area contributed by atoms with Gasteiger partial charge in [-0.1, -0.05) is 30.3 Å². The normalized spacial score (nSPS) is 11.7. The van der Waals surface area contributed by atoms with Crippen LogP contribution >= 0.6 is 35.7 Å². The van der Waals surface area contributed by atoms with Crippen LogP contribution in [-0.2, 0) is 15.6 Å². The van der Waals surface area contributed by atoms with E-state index in [-0.39, 0.29) is 35.5 Å². The summed E-state index contributed by atoms with van der Waals surface area (Å²) in [6.07, 6.45) is 4.95. The molecule has 0 spiro atoms. The Morgan fingerprint density at radius 1 is 1.12 bits per heavy atom. The number of sulfone groups is 1. The van der Waals surface area contributed by atoms with Crippen molar-refractivity contribution in [2.24, 2.45) is 4.99 Å². The quantitative estimate of drug-likeness (QED) is 0.194. The van der Waals surface area contributed by atoms with E-state index >= 15 is 0 Å². The first-order valence-corrected chi connectivity index (χ1v) is 12.0. The summed E-state index contributed by atoms with van der Waals surface area (Å²) in [5, 5.41) is 6.49. The number of thioether (sulfide) groups is 1. The molecule has 0 heterocycles. The Balaban J connectivity index is 0.00000625. The maximum atomic E-state index is 12.2. The first kappa shape index (κ1) is 25.5. The minimum atomic E-state index is -3.08. The van der Waals surface area contributed by atoms with Crippen molar-refractivity contribution in [3.8, 4) is 0 Å². The molecule has 0 aliphatic carbocycles.